The number of sulfonamides is 1. The molecule has 0 aliphatic rings. The van der Waals surface area contributed by atoms with E-state index in [1.165, 1.54) is 0 Å². The van der Waals surface area contributed by atoms with E-state index in [1.54, 1.807) is 24.3 Å². The predicted octanol–water partition coefficient (Wildman–Crippen LogP) is 2.72. The number of nitrogens with one attached hydrogen (secondary N) is 2. The van der Waals surface area contributed by atoms with Gasteiger partial charge in [-0.1, -0.05) is 30.3 Å². The van der Waals surface area contributed by atoms with E-state index in [1.807, 2.05) is 36.5 Å². The monoisotopic (exact) mass is 371 g/mol. The van der Waals surface area contributed by atoms with Crippen LogP contribution in [-0.2, 0) is 27.9 Å². The SMILES string of the molecule is CS(=O)(=O)Nc1ccc(CNC(=O)CCn2ccc3ccccc32)cc1. The third kappa shape index (κ3) is 4.86. The molecule has 0 fully saturated rings. The maximum Gasteiger partial charge on any atom is 0.229 e. The Morgan fingerprint density at radius 2 is 1.77 bits per heavy atom. The molecule has 3 rings (SSSR count). The smallest absolute Gasteiger partial charge is 0.229 e. The van der Waals surface area contributed by atoms with E-state index < -0.39 is 10.0 Å². The van der Waals surface area contributed by atoms with Crippen molar-refractivity contribution in [2.75, 3.05) is 11.0 Å². The summed E-state index contributed by atoms with van der Waals surface area (Å²) in [4.78, 5) is 12.1. The minimum absolute atomic E-state index is 0.0267. The van der Waals surface area contributed by atoms with Gasteiger partial charge in [-0.2, -0.15) is 0 Å². The van der Waals surface area contributed by atoms with Crippen LogP contribution in [0, 0.1) is 0 Å². The molecule has 1 heterocycles. The molecule has 26 heavy (non-hydrogen) atoms. The maximum absolute atomic E-state index is 12.1. The van der Waals surface area contributed by atoms with E-state index in [0.29, 0.717) is 25.2 Å². The van der Waals surface area contributed by atoms with E-state index in [2.05, 4.69) is 14.6 Å². The molecule has 0 aliphatic carbocycles. The van der Waals surface area contributed by atoms with Crippen LogP contribution in [0.3, 0.4) is 0 Å². The third-order valence-corrected chi connectivity index (χ3v) is 4.61. The van der Waals surface area contributed by atoms with Crippen LogP contribution >= 0.6 is 0 Å². The van der Waals surface area contributed by atoms with Crippen molar-refractivity contribution < 1.29 is 13.2 Å². The van der Waals surface area contributed by atoms with E-state index >= 15 is 0 Å². The van der Waals surface area contributed by atoms with Gasteiger partial charge in [0.15, 0.2) is 0 Å². The Hall–Kier alpha value is -2.80. The van der Waals surface area contributed by atoms with Crippen LogP contribution in [0.4, 0.5) is 5.69 Å². The van der Waals surface area contributed by atoms with Crippen molar-refractivity contribution in [1.29, 1.82) is 0 Å². The van der Waals surface area contributed by atoms with E-state index in [4.69, 9.17) is 0 Å². The number of benzene rings is 2. The molecule has 136 valence electrons. The summed E-state index contributed by atoms with van der Waals surface area (Å²) in [7, 11) is -3.28. The Balaban J connectivity index is 1.49. The Bertz CT molecular complexity index is 1010. The normalized spacial score (nSPS) is 11.4. The van der Waals surface area contributed by atoms with Crippen molar-refractivity contribution in [1.82, 2.24) is 9.88 Å². The number of amides is 1. The first kappa shape index (κ1) is 18.0. The molecule has 3 aromatic rings. The topological polar surface area (TPSA) is 80.2 Å². The molecule has 0 saturated heterocycles. The summed E-state index contributed by atoms with van der Waals surface area (Å²) in [5, 5.41) is 4.05. The van der Waals surface area contributed by atoms with Crippen LogP contribution in [0.25, 0.3) is 10.9 Å². The largest absolute Gasteiger partial charge is 0.352 e. The number of para-hydroxylation sites is 1. The van der Waals surface area contributed by atoms with Crippen LogP contribution in [0.15, 0.2) is 60.8 Å². The molecule has 2 aromatic carbocycles. The highest BCUT2D eigenvalue weighted by molar-refractivity contribution is 7.92. The summed E-state index contributed by atoms with van der Waals surface area (Å²) in [5.74, 6) is -0.0267. The number of fused-ring (bicyclic) bond motifs is 1. The zero-order valence-electron chi connectivity index (χ0n) is 14.5. The molecular weight excluding hydrogens is 350 g/mol. The third-order valence-electron chi connectivity index (χ3n) is 4.01. The Labute approximate surface area is 152 Å². The molecule has 0 aliphatic heterocycles. The van der Waals surface area contributed by atoms with Crippen molar-refractivity contribution in [3.05, 3.63) is 66.4 Å². The van der Waals surface area contributed by atoms with E-state index in [0.717, 1.165) is 22.7 Å². The molecule has 0 atom stereocenters. The molecule has 1 aromatic heterocycles. The van der Waals surface area contributed by atoms with Gasteiger partial charge in [0.1, 0.15) is 0 Å². The Morgan fingerprint density at radius 1 is 1.04 bits per heavy atom. The summed E-state index contributed by atoms with van der Waals surface area (Å²) in [6.07, 6.45) is 3.49. The highest BCUT2D eigenvalue weighted by Gasteiger charge is 2.05. The van der Waals surface area contributed by atoms with Gasteiger partial charge in [-0.3, -0.25) is 9.52 Å². The second kappa shape index (κ2) is 7.61. The van der Waals surface area contributed by atoms with Gasteiger partial charge in [0, 0.05) is 36.9 Å². The number of rotatable bonds is 7. The Kier molecular flexibility index (Phi) is 5.27. The van der Waals surface area contributed by atoms with Gasteiger partial charge in [0.2, 0.25) is 15.9 Å². The first-order valence-electron chi connectivity index (χ1n) is 8.28. The highest BCUT2D eigenvalue weighted by atomic mass is 32.2. The maximum atomic E-state index is 12.1. The number of nitrogens with zero attached hydrogens (tertiary/aromatic N) is 1. The van der Waals surface area contributed by atoms with E-state index in [-0.39, 0.29) is 5.91 Å². The zero-order chi connectivity index (χ0) is 18.6. The molecule has 0 unspecified atom stereocenters. The minimum Gasteiger partial charge on any atom is -0.352 e. The lowest BCUT2D eigenvalue weighted by Gasteiger charge is -2.08. The standard InChI is InChI=1S/C19H21N3O3S/c1-26(24,25)21-17-8-6-15(7-9-17)14-20-19(23)11-13-22-12-10-16-4-2-3-5-18(16)22/h2-10,12,21H,11,13-14H2,1H3,(H,20,23). The summed E-state index contributed by atoms with van der Waals surface area (Å²) in [5.41, 5.74) is 2.53. The van der Waals surface area contributed by atoms with Crippen LogP contribution in [0.5, 0.6) is 0 Å². The molecule has 1 amide bonds. The predicted molar refractivity (Wildman–Crippen MR) is 103 cm³/mol. The molecule has 0 spiro atoms. The summed E-state index contributed by atoms with van der Waals surface area (Å²) >= 11 is 0. The number of aryl methyl sites for hydroxylation is 1. The van der Waals surface area contributed by atoms with Crippen molar-refractivity contribution >= 4 is 32.5 Å². The van der Waals surface area contributed by atoms with Crippen molar-refractivity contribution in [3.63, 3.8) is 0 Å². The molecular formula is C19H21N3O3S. The fraction of sp³-hybridized carbons (Fsp3) is 0.211. The number of hydrogen-bond acceptors (Lipinski definition) is 3. The fourth-order valence-corrected chi connectivity index (χ4v) is 3.32. The minimum atomic E-state index is -3.28. The van der Waals surface area contributed by atoms with Gasteiger partial charge >= 0.3 is 0 Å². The molecule has 0 bridgehead atoms. The highest BCUT2D eigenvalue weighted by Crippen LogP contribution is 2.15. The number of carbonyl (C=O) groups excluding carboxylic acids is 1. The average molecular weight is 371 g/mol. The number of anilines is 1. The van der Waals surface area contributed by atoms with Gasteiger partial charge in [0.05, 0.1) is 6.26 Å². The van der Waals surface area contributed by atoms with Crippen LogP contribution in [-0.4, -0.2) is 25.1 Å². The van der Waals surface area contributed by atoms with Crippen LogP contribution in [0.1, 0.15) is 12.0 Å². The quantitative estimate of drug-likeness (QED) is 0.670. The van der Waals surface area contributed by atoms with E-state index in [9.17, 15) is 13.2 Å². The van der Waals surface area contributed by atoms with Crippen LogP contribution < -0.4 is 10.0 Å². The lowest BCUT2D eigenvalue weighted by atomic mass is 10.2. The summed E-state index contributed by atoms with van der Waals surface area (Å²) in [6.45, 7) is 1.03. The van der Waals surface area contributed by atoms with Crippen molar-refractivity contribution in [3.8, 4) is 0 Å². The zero-order valence-corrected chi connectivity index (χ0v) is 15.3. The average Bonchev–Trinajstić information content (AvgIpc) is 3.01. The number of hydrogen-bond donors (Lipinski definition) is 2. The van der Waals surface area contributed by atoms with Gasteiger partial charge in [-0.25, -0.2) is 8.42 Å². The molecule has 2 N–H and O–H groups in total. The van der Waals surface area contributed by atoms with Gasteiger partial charge in [-0.15, -0.1) is 0 Å². The lowest BCUT2D eigenvalue weighted by Crippen LogP contribution is -2.23. The fourth-order valence-electron chi connectivity index (χ4n) is 2.75. The van der Waals surface area contributed by atoms with Crippen molar-refractivity contribution in [2.45, 2.75) is 19.5 Å². The first-order chi connectivity index (χ1) is 12.4. The summed E-state index contributed by atoms with van der Waals surface area (Å²) in [6, 6.07) is 17.0. The second-order valence-electron chi connectivity index (χ2n) is 6.17. The number of aromatic nitrogens is 1. The van der Waals surface area contributed by atoms with Gasteiger partial charge in [0.25, 0.3) is 0 Å². The molecule has 0 radical (unpaired) electrons. The van der Waals surface area contributed by atoms with Crippen molar-refractivity contribution in [2.24, 2.45) is 0 Å². The molecule has 6 nitrogen and oxygen atoms in total. The van der Waals surface area contributed by atoms with Crippen LogP contribution in [0.2, 0.25) is 0 Å². The Morgan fingerprint density at radius 3 is 2.50 bits per heavy atom. The molecule has 0 saturated carbocycles. The van der Waals surface area contributed by atoms with Gasteiger partial charge in [-0.05, 0) is 35.2 Å². The molecule has 7 heteroatoms. The first-order valence-corrected chi connectivity index (χ1v) is 10.2. The second-order valence-corrected chi connectivity index (χ2v) is 7.91. The summed E-state index contributed by atoms with van der Waals surface area (Å²) < 4.78 is 26.8. The number of carbonyl (C=O) groups is 1. The lowest BCUT2D eigenvalue weighted by molar-refractivity contribution is -0.121. The van der Waals surface area contributed by atoms with Gasteiger partial charge < -0.3 is 9.88 Å².